The van der Waals surface area contributed by atoms with Crippen LogP contribution in [0.5, 0.6) is 5.75 Å². The van der Waals surface area contributed by atoms with Gasteiger partial charge >= 0.3 is 5.97 Å². The number of carboxylic acids is 1. The highest BCUT2D eigenvalue weighted by Gasteiger charge is 2.13. The van der Waals surface area contributed by atoms with Crippen molar-refractivity contribution >= 4 is 23.3 Å². The Balaban J connectivity index is 2.02. The predicted octanol–water partition coefficient (Wildman–Crippen LogP) is 3.40. The minimum Gasteiger partial charge on any atom is -0.508 e. The normalized spacial score (nSPS) is 10.2. The molecule has 0 amide bonds. The van der Waals surface area contributed by atoms with E-state index >= 15 is 0 Å². The summed E-state index contributed by atoms with van der Waals surface area (Å²) in [5.41, 5.74) is 1.64. The Kier molecular flexibility index (Phi) is 4.48. The number of rotatable bonds is 5. The van der Waals surface area contributed by atoms with Gasteiger partial charge in [0.25, 0.3) is 0 Å². The number of anilines is 1. The number of phenolic OH excluding ortho intramolecular Hbond substituents is 1. The fraction of sp³-hybridized carbons (Fsp3) is 0.133. The van der Waals surface area contributed by atoms with Crippen LogP contribution in [0.15, 0.2) is 42.5 Å². The molecule has 5 heteroatoms. The zero-order valence-corrected chi connectivity index (χ0v) is 11.4. The van der Waals surface area contributed by atoms with Crippen molar-refractivity contribution in [2.75, 3.05) is 11.9 Å². The summed E-state index contributed by atoms with van der Waals surface area (Å²) < 4.78 is 0. The average Bonchev–Trinajstić information content (AvgIpc) is 2.40. The maximum atomic E-state index is 11.2. The molecule has 0 aromatic heterocycles. The van der Waals surface area contributed by atoms with Gasteiger partial charge in [-0.05, 0) is 36.2 Å². The van der Waals surface area contributed by atoms with Gasteiger partial charge in [0, 0.05) is 6.54 Å². The van der Waals surface area contributed by atoms with E-state index in [1.807, 2.05) is 12.1 Å². The molecule has 0 unspecified atom stereocenters. The van der Waals surface area contributed by atoms with Gasteiger partial charge in [0.05, 0.1) is 10.7 Å². The summed E-state index contributed by atoms with van der Waals surface area (Å²) in [5.74, 6) is -0.826. The number of carbonyl (C=O) groups is 1. The van der Waals surface area contributed by atoms with E-state index in [1.54, 1.807) is 30.3 Å². The first-order chi connectivity index (χ1) is 9.58. The van der Waals surface area contributed by atoms with E-state index in [2.05, 4.69) is 5.32 Å². The average molecular weight is 292 g/mol. The van der Waals surface area contributed by atoms with Gasteiger partial charge in [0.2, 0.25) is 0 Å². The molecule has 0 aliphatic rings. The lowest BCUT2D eigenvalue weighted by atomic mass is 10.1. The number of aromatic hydroxyl groups is 1. The first-order valence-corrected chi connectivity index (χ1v) is 6.49. The third-order valence-corrected chi connectivity index (χ3v) is 3.21. The van der Waals surface area contributed by atoms with Crippen LogP contribution < -0.4 is 5.32 Å². The summed E-state index contributed by atoms with van der Waals surface area (Å²) in [4.78, 5) is 11.2. The number of aromatic carboxylic acids is 1. The summed E-state index contributed by atoms with van der Waals surface area (Å²) in [7, 11) is 0. The fourth-order valence-electron chi connectivity index (χ4n) is 1.89. The highest BCUT2D eigenvalue weighted by atomic mass is 35.5. The van der Waals surface area contributed by atoms with Crippen LogP contribution in [0.3, 0.4) is 0 Å². The zero-order chi connectivity index (χ0) is 14.5. The molecule has 104 valence electrons. The lowest BCUT2D eigenvalue weighted by Crippen LogP contribution is -2.10. The minimum absolute atomic E-state index is 0.0832. The molecular formula is C15H14ClNO3. The van der Waals surface area contributed by atoms with Crippen molar-refractivity contribution in [1.82, 2.24) is 0 Å². The van der Waals surface area contributed by atoms with Crippen LogP contribution >= 0.6 is 11.6 Å². The third kappa shape index (κ3) is 3.42. The zero-order valence-electron chi connectivity index (χ0n) is 10.6. The van der Waals surface area contributed by atoms with Crippen LogP contribution in [0, 0.1) is 0 Å². The largest absolute Gasteiger partial charge is 0.508 e. The molecule has 0 fully saturated rings. The van der Waals surface area contributed by atoms with Crippen LogP contribution in [0.2, 0.25) is 5.02 Å². The van der Waals surface area contributed by atoms with Crippen LogP contribution in [-0.4, -0.2) is 22.7 Å². The maximum absolute atomic E-state index is 11.2. The van der Waals surface area contributed by atoms with Crippen LogP contribution in [-0.2, 0) is 6.42 Å². The second-order valence-electron chi connectivity index (χ2n) is 4.31. The molecule has 0 bridgehead atoms. The van der Waals surface area contributed by atoms with Gasteiger partial charge < -0.3 is 15.5 Å². The molecule has 0 aliphatic heterocycles. The molecule has 0 heterocycles. The number of phenols is 1. The number of hydrogen-bond donors (Lipinski definition) is 3. The van der Waals surface area contributed by atoms with Crippen molar-refractivity contribution in [1.29, 1.82) is 0 Å². The van der Waals surface area contributed by atoms with Crippen LogP contribution in [0.25, 0.3) is 0 Å². The van der Waals surface area contributed by atoms with Crippen molar-refractivity contribution in [3.8, 4) is 5.75 Å². The van der Waals surface area contributed by atoms with Crippen LogP contribution in [0.1, 0.15) is 15.9 Å². The molecule has 20 heavy (non-hydrogen) atoms. The van der Waals surface area contributed by atoms with E-state index in [9.17, 15) is 9.90 Å². The summed E-state index contributed by atoms with van der Waals surface area (Å²) >= 11 is 5.89. The Morgan fingerprint density at radius 3 is 2.50 bits per heavy atom. The molecule has 0 spiro atoms. The monoisotopic (exact) mass is 291 g/mol. The van der Waals surface area contributed by atoms with Gasteiger partial charge in [-0.2, -0.15) is 0 Å². The third-order valence-electron chi connectivity index (χ3n) is 2.89. The number of benzene rings is 2. The second-order valence-corrected chi connectivity index (χ2v) is 4.72. The number of nitrogens with one attached hydrogen (secondary N) is 1. The lowest BCUT2D eigenvalue weighted by Gasteiger charge is -2.10. The van der Waals surface area contributed by atoms with Crippen molar-refractivity contribution < 1.29 is 15.0 Å². The molecule has 3 N–H and O–H groups in total. The van der Waals surface area contributed by atoms with E-state index in [-0.39, 0.29) is 16.3 Å². The van der Waals surface area contributed by atoms with E-state index < -0.39 is 5.97 Å². The summed E-state index contributed by atoms with van der Waals surface area (Å²) in [6.07, 6.45) is 0.714. The molecular weight excluding hydrogens is 278 g/mol. The Morgan fingerprint density at radius 2 is 1.85 bits per heavy atom. The van der Waals surface area contributed by atoms with Gasteiger partial charge in [-0.1, -0.05) is 29.8 Å². The van der Waals surface area contributed by atoms with Crippen molar-refractivity contribution in [3.05, 3.63) is 58.6 Å². The standard InChI is InChI=1S/C15H14ClNO3/c16-12-2-1-3-13(14(12)15(19)20)17-9-8-10-4-6-11(18)7-5-10/h1-7,17-18H,8-9H2,(H,19,20). The number of hydrogen-bond acceptors (Lipinski definition) is 3. The van der Waals surface area contributed by atoms with Gasteiger partial charge in [0.15, 0.2) is 0 Å². The molecule has 0 saturated heterocycles. The smallest absolute Gasteiger partial charge is 0.339 e. The molecule has 0 atom stereocenters. The fourth-order valence-corrected chi connectivity index (χ4v) is 2.15. The number of halogens is 1. The molecule has 0 aliphatic carbocycles. The van der Waals surface area contributed by atoms with Crippen molar-refractivity contribution in [2.45, 2.75) is 6.42 Å². The Labute approximate surface area is 121 Å². The topological polar surface area (TPSA) is 69.6 Å². The van der Waals surface area contributed by atoms with Crippen molar-refractivity contribution in [2.24, 2.45) is 0 Å². The van der Waals surface area contributed by atoms with Crippen LogP contribution in [0.4, 0.5) is 5.69 Å². The van der Waals surface area contributed by atoms with Gasteiger partial charge in [-0.15, -0.1) is 0 Å². The van der Waals surface area contributed by atoms with Gasteiger partial charge in [-0.3, -0.25) is 0 Å². The predicted molar refractivity (Wildman–Crippen MR) is 78.7 cm³/mol. The first kappa shape index (κ1) is 14.2. The molecule has 2 aromatic carbocycles. The second kappa shape index (κ2) is 6.30. The minimum atomic E-state index is -1.05. The lowest BCUT2D eigenvalue weighted by molar-refractivity contribution is 0.0698. The maximum Gasteiger partial charge on any atom is 0.339 e. The van der Waals surface area contributed by atoms with E-state index in [4.69, 9.17) is 16.7 Å². The number of carboxylic acid groups (broad SMARTS) is 1. The van der Waals surface area contributed by atoms with Crippen molar-refractivity contribution in [3.63, 3.8) is 0 Å². The van der Waals surface area contributed by atoms with E-state index in [0.29, 0.717) is 18.7 Å². The van der Waals surface area contributed by atoms with E-state index in [1.165, 1.54) is 0 Å². The highest BCUT2D eigenvalue weighted by Crippen LogP contribution is 2.24. The Hall–Kier alpha value is -2.20. The Morgan fingerprint density at radius 1 is 1.15 bits per heavy atom. The molecule has 0 saturated carbocycles. The molecule has 2 rings (SSSR count). The molecule has 2 aromatic rings. The first-order valence-electron chi connectivity index (χ1n) is 6.11. The Bertz CT molecular complexity index is 611. The highest BCUT2D eigenvalue weighted by molar-refractivity contribution is 6.34. The summed E-state index contributed by atoms with van der Waals surface area (Å²) in [6, 6.07) is 11.8. The SMILES string of the molecule is O=C(O)c1c(Cl)cccc1NCCc1ccc(O)cc1. The quantitative estimate of drug-likeness (QED) is 0.790. The van der Waals surface area contributed by atoms with Gasteiger partial charge in [-0.25, -0.2) is 4.79 Å². The van der Waals surface area contributed by atoms with E-state index in [0.717, 1.165) is 5.56 Å². The molecule has 4 nitrogen and oxygen atoms in total. The summed E-state index contributed by atoms with van der Waals surface area (Å²) in [5, 5.41) is 21.6. The van der Waals surface area contributed by atoms with Gasteiger partial charge in [0.1, 0.15) is 11.3 Å². The summed E-state index contributed by atoms with van der Waals surface area (Å²) in [6.45, 7) is 0.575. The molecule has 0 radical (unpaired) electrons.